The third kappa shape index (κ3) is 2.90. The molecule has 0 N–H and O–H groups in total. The SMILES string of the molecule is CC1CN(C(=O)c2ccc(Br)cc2S)C(C)CO1. The van der Waals surface area contributed by atoms with Crippen LogP contribution in [-0.4, -0.2) is 36.1 Å². The first kappa shape index (κ1) is 13.9. The number of nitrogens with zero attached hydrogens (tertiary/aromatic N) is 1. The molecule has 1 amide bonds. The summed E-state index contributed by atoms with van der Waals surface area (Å²) < 4.78 is 6.46. The molecule has 98 valence electrons. The predicted molar refractivity (Wildman–Crippen MR) is 77.3 cm³/mol. The number of hydrogen-bond donors (Lipinski definition) is 1. The number of carbonyl (C=O) groups excluding carboxylic acids is 1. The average Bonchev–Trinajstić information content (AvgIpc) is 2.31. The smallest absolute Gasteiger partial charge is 0.255 e. The van der Waals surface area contributed by atoms with Crippen LogP contribution in [0.15, 0.2) is 27.6 Å². The van der Waals surface area contributed by atoms with E-state index >= 15 is 0 Å². The number of morpholine rings is 1. The summed E-state index contributed by atoms with van der Waals surface area (Å²) in [7, 11) is 0. The van der Waals surface area contributed by atoms with Crippen LogP contribution in [0, 0.1) is 0 Å². The van der Waals surface area contributed by atoms with Crippen molar-refractivity contribution in [1.82, 2.24) is 4.90 Å². The Bertz CT molecular complexity index is 466. The molecule has 2 unspecified atom stereocenters. The molecule has 3 nitrogen and oxygen atoms in total. The molecule has 1 aliphatic rings. The van der Waals surface area contributed by atoms with Gasteiger partial charge in [0, 0.05) is 15.9 Å². The maximum absolute atomic E-state index is 12.5. The number of carbonyl (C=O) groups is 1. The molecule has 1 aromatic rings. The Labute approximate surface area is 121 Å². The Morgan fingerprint density at radius 2 is 2.22 bits per heavy atom. The van der Waals surface area contributed by atoms with Crippen LogP contribution in [0.5, 0.6) is 0 Å². The maximum atomic E-state index is 12.5. The highest BCUT2D eigenvalue weighted by atomic mass is 79.9. The molecule has 1 saturated heterocycles. The van der Waals surface area contributed by atoms with E-state index in [1.165, 1.54) is 0 Å². The van der Waals surface area contributed by atoms with Gasteiger partial charge in [-0.3, -0.25) is 4.79 Å². The van der Waals surface area contributed by atoms with E-state index < -0.39 is 0 Å². The lowest BCUT2D eigenvalue weighted by Gasteiger charge is -2.37. The number of rotatable bonds is 1. The monoisotopic (exact) mass is 329 g/mol. The molecule has 18 heavy (non-hydrogen) atoms. The van der Waals surface area contributed by atoms with E-state index in [0.717, 1.165) is 4.47 Å². The van der Waals surface area contributed by atoms with Crippen molar-refractivity contribution in [1.29, 1.82) is 0 Å². The van der Waals surface area contributed by atoms with E-state index in [9.17, 15) is 4.79 Å². The minimum atomic E-state index is 0.0233. The Morgan fingerprint density at radius 1 is 1.50 bits per heavy atom. The van der Waals surface area contributed by atoms with Crippen molar-refractivity contribution >= 4 is 34.5 Å². The fourth-order valence-electron chi connectivity index (χ4n) is 2.03. The molecule has 5 heteroatoms. The van der Waals surface area contributed by atoms with Gasteiger partial charge in [-0.25, -0.2) is 0 Å². The van der Waals surface area contributed by atoms with Crippen molar-refractivity contribution in [2.24, 2.45) is 0 Å². The van der Waals surface area contributed by atoms with Gasteiger partial charge < -0.3 is 9.64 Å². The maximum Gasteiger partial charge on any atom is 0.255 e. The third-order valence-corrected chi connectivity index (χ3v) is 3.92. The van der Waals surface area contributed by atoms with Crippen molar-refractivity contribution in [3.8, 4) is 0 Å². The van der Waals surface area contributed by atoms with Crippen molar-refractivity contribution in [3.05, 3.63) is 28.2 Å². The van der Waals surface area contributed by atoms with Gasteiger partial charge in [-0.05, 0) is 32.0 Å². The Hall–Kier alpha value is -0.520. The van der Waals surface area contributed by atoms with Gasteiger partial charge >= 0.3 is 0 Å². The molecule has 1 fully saturated rings. The van der Waals surface area contributed by atoms with E-state index in [-0.39, 0.29) is 18.1 Å². The second-order valence-corrected chi connectivity index (χ2v) is 6.01. The molecule has 0 aromatic heterocycles. The lowest BCUT2D eigenvalue weighted by molar-refractivity contribution is -0.0388. The molecule has 0 spiro atoms. The molecule has 0 radical (unpaired) electrons. The van der Waals surface area contributed by atoms with Crippen LogP contribution >= 0.6 is 28.6 Å². The largest absolute Gasteiger partial charge is 0.375 e. The number of amides is 1. The lowest BCUT2D eigenvalue weighted by Crippen LogP contribution is -2.50. The second-order valence-electron chi connectivity index (χ2n) is 4.61. The number of ether oxygens (including phenoxy) is 1. The van der Waals surface area contributed by atoms with Crippen molar-refractivity contribution in [3.63, 3.8) is 0 Å². The van der Waals surface area contributed by atoms with Crippen LogP contribution in [0.25, 0.3) is 0 Å². The van der Waals surface area contributed by atoms with Gasteiger partial charge in [0.15, 0.2) is 0 Å². The Kier molecular flexibility index (Phi) is 4.35. The summed E-state index contributed by atoms with van der Waals surface area (Å²) >= 11 is 7.74. The second kappa shape index (κ2) is 5.63. The highest BCUT2D eigenvalue weighted by molar-refractivity contribution is 9.10. The van der Waals surface area contributed by atoms with Gasteiger partial charge in [-0.2, -0.15) is 0 Å². The first-order valence-electron chi connectivity index (χ1n) is 5.90. The lowest BCUT2D eigenvalue weighted by atomic mass is 10.1. The highest BCUT2D eigenvalue weighted by Crippen LogP contribution is 2.23. The van der Waals surface area contributed by atoms with Gasteiger partial charge in [0.25, 0.3) is 5.91 Å². The molecule has 1 aromatic carbocycles. The number of thiol groups is 1. The summed E-state index contributed by atoms with van der Waals surface area (Å²) in [6.45, 7) is 5.20. The van der Waals surface area contributed by atoms with Crippen molar-refractivity contribution < 1.29 is 9.53 Å². The average molecular weight is 330 g/mol. The van der Waals surface area contributed by atoms with Crippen LogP contribution in [0.4, 0.5) is 0 Å². The van der Waals surface area contributed by atoms with Gasteiger partial charge in [-0.15, -0.1) is 12.6 Å². The standard InChI is InChI=1S/C13H16BrNO2S/c1-8-7-17-9(2)6-15(8)13(16)11-4-3-10(14)5-12(11)18/h3-5,8-9,18H,6-7H2,1-2H3. The minimum Gasteiger partial charge on any atom is -0.375 e. The van der Waals surface area contributed by atoms with Gasteiger partial charge in [-0.1, -0.05) is 15.9 Å². The molecule has 2 rings (SSSR count). The topological polar surface area (TPSA) is 29.5 Å². The van der Waals surface area contributed by atoms with Gasteiger partial charge in [0.1, 0.15) is 0 Å². The number of halogens is 1. The molecule has 1 heterocycles. The number of benzene rings is 1. The van der Waals surface area contributed by atoms with E-state index in [4.69, 9.17) is 4.74 Å². The Balaban J connectivity index is 2.24. The molecule has 1 aliphatic heterocycles. The molecule has 0 saturated carbocycles. The summed E-state index contributed by atoms with van der Waals surface area (Å²) in [5.74, 6) is 0.0233. The summed E-state index contributed by atoms with van der Waals surface area (Å²) in [4.78, 5) is 15.0. The zero-order valence-corrected chi connectivity index (χ0v) is 12.9. The van der Waals surface area contributed by atoms with Gasteiger partial charge in [0.05, 0.1) is 24.3 Å². The zero-order valence-electron chi connectivity index (χ0n) is 10.4. The van der Waals surface area contributed by atoms with E-state index in [1.54, 1.807) is 0 Å². The summed E-state index contributed by atoms with van der Waals surface area (Å²) in [5, 5.41) is 0. The highest BCUT2D eigenvalue weighted by Gasteiger charge is 2.28. The number of hydrogen-bond acceptors (Lipinski definition) is 3. The first-order chi connectivity index (χ1) is 8.49. The van der Waals surface area contributed by atoms with E-state index in [0.29, 0.717) is 23.6 Å². The molecular weight excluding hydrogens is 314 g/mol. The predicted octanol–water partition coefficient (Wildman–Crippen LogP) is 2.99. The van der Waals surface area contributed by atoms with E-state index in [1.807, 2.05) is 36.9 Å². The fraction of sp³-hybridized carbons (Fsp3) is 0.462. The van der Waals surface area contributed by atoms with Crippen molar-refractivity contribution in [2.45, 2.75) is 30.9 Å². The van der Waals surface area contributed by atoms with Crippen LogP contribution < -0.4 is 0 Å². The quantitative estimate of drug-likeness (QED) is 0.802. The zero-order chi connectivity index (χ0) is 13.3. The normalized spacial score (nSPS) is 24.1. The van der Waals surface area contributed by atoms with Gasteiger partial charge in [0.2, 0.25) is 0 Å². The van der Waals surface area contributed by atoms with E-state index in [2.05, 4.69) is 28.6 Å². The molecule has 0 aliphatic carbocycles. The molecular formula is C13H16BrNO2S. The van der Waals surface area contributed by atoms with Crippen LogP contribution in [0.1, 0.15) is 24.2 Å². The molecule has 2 atom stereocenters. The summed E-state index contributed by atoms with van der Waals surface area (Å²) in [5.41, 5.74) is 0.641. The summed E-state index contributed by atoms with van der Waals surface area (Å²) in [6, 6.07) is 5.61. The Morgan fingerprint density at radius 3 is 2.89 bits per heavy atom. The van der Waals surface area contributed by atoms with Crippen LogP contribution in [0.3, 0.4) is 0 Å². The molecule has 0 bridgehead atoms. The third-order valence-electron chi connectivity index (χ3n) is 3.06. The van der Waals surface area contributed by atoms with Crippen LogP contribution in [-0.2, 0) is 4.74 Å². The first-order valence-corrected chi connectivity index (χ1v) is 7.14. The minimum absolute atomic E-state index is 0.0233. The fourth-order valence-corrected chi connectivity index (χ4v) is 2.87. The van der Waals surface area contributed by atoms with Crippen molar-refractivity contribution in [2.75, 3.05) is 13.2 Å². The summed E-state index contributed by atoms with van der Waals surface area (Å²) in [6.07, 6.45) is 0.0870. The van der Waals surface area contributed by atoms with Crippen LogP contribution in [0.2, 0.25) is 0 Å².